The van der Waals surface area contributed by atoms with E-state index in [0.717, 1.165) is 12.0 Å². The van der Waals surface area contributed by atoms with Crippen molar-refractivity contribution in [1.82, 2.24) is 4.31 Å². The van der Waals surface area contributed by atoms with Crippen LogP contribution in [0.25, 0.3) is 0 Å². The number of hydrogen-bond donors (Lipinski definition) is 0. The number of rotatable bonds is 1. The largest absolute Gasteiger partial charge is 0.300 e. The fraction of sp³-hybridized carbons (Fsp3) is 0.429. The number of thiophene rings is 1. The molecule has 1 aliphatic rings. The van der Waals surface area contributed by atoms with Crippen molar-refractivity contribution in [2.45, 2.75) is 13.0 Å². The molecule has 0 saturated carbocycles. The molecule has 0 atom stereocenters. The van der Waals surface area contributed by atoms with Crippen LogP contribution in [-0.2, 0) is 22.2 Å². The summed E-state index contributed by atoms with van der Waals surface area (Å²) in [6.45, 7) is 0.921. The van der Waals surface area contributed by atoms with E-state index in [-0.39, 0.29) is 0 Å². The lowest BCUT2D eigenvalue weighted by atomic mass is 10.1. The molecule has 0 bridgehead atoms. The van der Waals surface area contributed by atoms with Crippen LogP contribution in [0, 0.1) is 0 Å². The van der Waals surface area contributed by atoms with Crippen molar-refractivity contribution < 1.29 is 8.42 Å². The third kappa shape index (κ3) is 1.88. The molecule has 1 aliphatic heterocycles. The van der Waals surface area contributed by atoms with E-state index in [4.69, 9.17) is 10.7 Å². The van der Waals surface area contributed by atoms with Crippen molar-refractivity contribution >= 4 is 31.3 Å². The summed E-state index contributed by atoms with van der Waals surface area (Å²) in [7, 11) is 1.71. The predicted molar refractivity (Wildman–Crippen MR) is 53.2 cm³/mol. The summed E-state index contributed by atoms with van der Waals surface area (Å²) in [6.07, 6.45) is 0.777. The topological polar surface area (TPSA) is 37.4 Å². The summed E-state index contributed by atoms with van der Waals surface area (Å²) in [5.41, 5.74) is 1.08. The average Bonchev–Trinajstić information content (AvgIpc) is 2.47. The fourth-order valence-electron chi connectivity index (χ4n) is 1.41. The van der Waals surface area contributed by atoms with Gasteiger partial charge in [0.2, 0.25) is 0 Å². The number of fused-ring (bicyclic) bond motifs is 1. The van der Waals surface area contributed by atoms with Crippen LogP contribution in [0.2, 0.25) is 0 Å². The highest BCUT2D eigenvalue weighted by Crippen LogP contribution is 2.26. The Labute approximate surface area is 85.5 Å². The van der Waals surface area contributed by atoms with Gasteiger partial charge in [0.15, 0.2) is 0 Å². The van der Waals surface area contributed by atoms with Crippen LogP contribution in [0.4, 0.5) is 0 Å². The maximum absolute atomic E-state index is 11.0. The Hall–Kier alpha value is -0.100. The van der Waals surface area contributed by atoms with Gasteiger partial charge in [-0.05, 0) is 23.4 Å². The second kappa shape index (κ2) is 3.24. The quantitative estimate of drug-likeness (QED) is 0.696. The SMILES string of the molecule is O=S(=O)(Cl)N1CCc2sccc2C1. The Morgan fingerprint density at radius 2 is 2.31 bits per heavy atom. The molecule has 0 radical (unpaired) electrons. The smallest absolute Gasteiger partial charge is 0.195 e. The standard InChI is InChI=1S/C7H8ClNO2S2/c8-13(10,11)9-3-1-7-6(5-9)2-4-12-7/h2,4H,1,3,5H2. The molecule has 13 heavy (non-hydrogen) atoms. The summed E-state index contributed by atoms with van der Waals surface area (Å²) < 4.78 is 23.3. The summed E-state index contributed by atoms with van der Waals surface area (Å²) in [6, 6.07) is 1.95. The van der Waals surface area contributed by atoms with Gasteiger partial charge >= 0.3 is 0 Å². The number of hydrogen-bond acceptors (Lipinski definition) is 3. The molecular formula is C7H8ClNO2S2. The van der Waals surface area contributed by atoms with Crippen LogP contribution >= 0.6 is 22.0 Å². The van der Waals surface area contributed by atoms with Crippen molar-refractivity contribution in [3.8, 4) is 0 Å². The van der Waals surface area contributed by atoms with Crippen LogP contribution in [0.3, 0.4) is 0 Å². The first-order chi connectivity index (χ1) is 6.07. The molecule has 1 aromatic rings. The van der Waals surface area contributed by atoms with Crippen LogP contribution in [-0.4, -0.2) is 19.3 Å². The monoisotopic (exact) mass is 237 g/mol. The third-order valence-electron chi connectivity index (χ3n) is 2.08. The third-order valence-corrected chi connectivity index (χ3v) is 4.62. The maximum atomic E-state index is 11.0. The molecule has 72 valence electrons. The van der Waals surface area contributed by atoms with Gasteiger partial charge in [0.25, 0.3) is 9.24 Å². The molecule has 3 nitrogen and oxygen atoms in total. The van der Waals surface area contributed by atoms with E-state index in [9.17, 15) is 8.42 Å². The van der Waals surface area contributed by atoms with Crippen LogP contribution in [0.1, 0.15) is 10.4 Å². The molecule has 0 saturated heterocycles. The van der Waals surface area contributed by atoms with Gasteiger partial charge in [-0.15, -0.1) is 11.3 Å². The number of halogens is 1. The zero-order valence-electron chi connectivity index (χ0n) is 6.73. The van der Waals surface area contributed by atoms with Crippen LogP contribution in [0.5, 0.6) is 0 Å². The molecule has 0 fully saturated rings. The van der Waals surface area contributed by atoms with Crippen molar-refractivity contribution in [2.24, 2.45) is 0 Å². The van der Waals surface area contributed by atoms with E-state index in [1.807, 2.05) is 11.4 Å². The van der Waals surface area contributed by atoms with Crippen LogP contribution in [0.15, 0.2) is 11.4 Å². The van der Waals surface area contributed by atoms with Crippen molar-refractivity contribution in [3.05, 3.63) is 21.9 Å². The molecule has 0 aliphatic carbocycles. The molecule has 0 spiro atoms. The zero-order chi connectivity index (χ0) is 9.47. The second-order valence-corrected chi connectivity index (χ2v) is 6.41. The lowest BCUT2D eigenvalue weighted by molar-refractivity contribution is 0.404. The Morgan fingerprint density at radius 1 is 1.54 bits per heavy atom. The van der Waals surface area contributed by atoms with E-state index < -0.39 is 9.24 Å². The first-order valence-electron chi connectivity index (χ1n) is 3.82. The fourth-order valence-corrected chi connectivity index (χ4v) is 3.25. The highest BCUT2D eigenvalue weighted by Gasteiger charge is 2.25. The van der Waals surface area contributed by atoms with E-state index >= 15 is 0 Å². The Bertz CT molecular complexity index is 412. The van der Waals surface area contributed by atoms with Gasteiger partial charge in [0.1, 0.15) is 0 Å². The van der Waals surface area contributed by atoms with Crippen molar-refractivity contribution in [1.29, 1.82) is 0 Å². The predicted octanol–water partition coefficient (Wildman–Crippen LogP) is 1.59. The van der Waals surface area contributed by atoms with Gasteiger partial charge in [-0.1, -0.05) is 0 Å². The lowest BCUT2D eigenvalue weighted by Gasteiger charge is -2.22. The normalized spacial score (nSPS) is 18.5. The van der Waals surface area contributed by atoms with Gasteiger partial charge < -0.3 is 0 Å². The second-order valence-electron chi connectivity index (χ2n) is 2.89. The van der Waals surface area contributed by atoms with E-state index in [1.54, 1.807) is 11.3 Å². The molecule has 0 aromatic carbocycles. The van der Waals surface area contributed by atoms with Crippen LogP contribution < -0.4 is 0 Å². The first-order valence-corrected chi connectivity index (χ1v) is 6.97. The molecule has 0 N–H and O–H groups in total. The molecule has 2 rings (SSSR count). The van der Waals surface area contributed by atoms with E-state index in [2.05, 4.69) is 0 Å². The van der Waals surface area contributed by atoms with Crippen molar-refractivity contribution in [3.63, 3.8) is 0 Å². The maximum Gasteiger partial charge on any atom is 0.300 e. The molecule has 0 amide bonds. The van der Waals surface area contributed by atoms with E-state index in [0.29, 0.717) is 13.1 Å². The summed E-state index contributed by atoms with van der Waals surface area (Å²) >= 11 is 1.67. The van der Waals surface area contributed by atoms with Gasteiger partial charge in [-0.3, -0.25) is 0 Å². The summed E-state index contributed by atoms with van der Waals surface area (Å²) in [4.78, 5) is 1.27. The Morgan fingerprint density at radius 3 is 3.00 bits per heavy atom. The summed E-state index contributed by atoms with van der Waals surface area (Å²) in [5, 5.41) is 1.98. The molecule has 0 unspecified atom stereocenters. The van der Waals surface area contributed by atoms with Gasteiger partial charge in [-0.25, -0.2) is 0 Å². The first kappa shape index (κ1) is 9.45. The van der Waals surface area contributed by atoms with Gasteiger partial charge in [0.05, 0.1) is 0 Å². The van der Waals surface area contributed by atoms with Gasteiger partial charge in [-0.2, -0.15) is 12.7 Å². The molecular weight excluding hydrogens is 230 g/mol. The minimum Gasteiger partial charge on any atom is -0.195 e. The van der Waals surface area contributed by atoms with Gasteiger partial charge in [0, 0.05) is 28.6 Å². The minimum atomic E-state index is -3.54. The minimum absolute atomic E-state index is 0.421. The Balaban J connectivity index is 2.27. The van der Waals surface area contributed by atoms with E-state index in [1.165, 1.54) is 9.18 Å². The lowest BCUT2D eigenvalue weighted by Crippen LogP contribution is -2.32. The van der Waals surface area contributed by atoms with Crippen molar-refractivity contribution in [2.75, 3.05) is 6.54 Å². The average molecular weight is 238 g/mol. The molecule has 6 heteroatoms. The zero-order valence-corrected chi connectivity index (χ0v) is 9.12. The Kier molecular flexibility index (Phi) is 2.35. The highest BCUT2D eigenvalue weighted by atomic mass is 35.7. The number of nitrogens with zero attached hydrogens (tertiary/aromatic N) is 1. The molecule has 1 aromatic heterocycles. The molecule has 2 heterocycles. The highest BCUT2D eigenvalue weighted by molar-refractivity contribution is 8.11. The summed E-state index contributed by atoms with van der Waals surface area (Å²) in [5.74, 6) is 0.